The largest absolute Gasteiger partial charge is 0.355 e. The first-order valence-corrected chi connectivity index (χ1v) is 7.68. The van der Waals surface area contributed by atoms with Gasteiger partial charge in [-0.15, -0.1) is 12.4 Å². The Balaban J connectivity index is 0.00000180. The summed E-state index contributed by atoms with van der Waals surface area (Å²) in [4.78, 5) is 12.1. The van der Waals surface area contributed by atoms with Gasteiger partial charge in [0.2, 0.25) is 5.91 Å². The number of nitrogens with one attached hydrogen (secondary N) is 2. The van der Waals surface area contributed by atoms with E-state index in [0.29, 0.717) is 11.3 Å². The first-order valence-electron chi connectivity index (χ1n) is 7.68. The molecule has 0 unspecified atom stereocenters. The van der Waals surface area contributed by atoms with Gasteiger partial charge in [0, 0.05) is 12.5 Å². The molecule has 112 valence electrons. The van der Waals surface area contributed by atoms with Crippen LogP contribution in [0.15, 0.2) is 0 Å². The number of amides is 1. The third kappa shape index (κ3) is 5.31. The summed E-state index contributed by atoms with van der Waals surface area (Å²) in [5, 5.41) is 6.53. The van der Waals surface area contributed by atoms with Crippen LogP contribution in [-0.2, 0) is 4.79 Å². The normalized spacial score (nSPS) is 24.1. The highest BCUT2D eigenvalue weighted by Crippen LogP contribution is 2.33. The molecule has 1 amide bonds. The van der Waals surface area contributed by atoms with Crippen molar-refractivity contribution in [2.75, 3.05) is 19.6 Å². The van der Waals surface area contributed by atoms with Crippen LogP contribution in [-0.4, -0.2) is 25.5 Å². The van der Waals surface area contributed by atoms with Crippen LogP contribution in [0.4, 0.5) is 0 Å². The molecular formula is C15H29ClN2O. The van der Waals surface area contributed by atoms with E-state index in [1.165, 1.54) is 38.5 Å². The summed E-state index contributed by atoms with van der Waals surface area (Å²) in [6.07, 6.45) is 9.97. The zero-order valence-corrected chi connectivity index (χ0v) is 13.0. The lowest BCUT2D eigenvalue weighted by Gasteiger charge is -2.30. The molecule has 1 aliphatic heterocycles. The molecule has 0 spiro atoms. The highest BCUT2D eigenvalue weighted by Gasteiger charge is 2.28. The number of carbonyl (C=O) groups is 1. The minimum Gasteiger partial charge on any atom is -0.355 e. The lowest BCUT2D eigenvalue weighted by atomic mass is 9.82. The summed E-state index contributed by atoms with van der Waals surface area (Å²) >= 11 is 0. The lowest BCUT2D eigenvalue weighted by Crippen LogP contribution is -2.42. The second-order valence-electron chi connectivity index (χ2n) is 6.47. The highest BCUT2D eigenvalue weighted by molar-refractivity contribution is 5.85. The molecule has 2 N–H and O–H groups in total. The first-order chi connectivity index (χ1) is 8.70. The van der Waals surface area contributed by atoms with Crippen LogP contribution < -0.4 is 10.6 Å². The second kappa shape index (κ2) is 8.11. The maximum absolute atomic E-state index is 12.1. The molecule has 0 aromatic rings. The Morgan fingerprint density at radius 3 is 2.32 bits per heavy atom. The number of hydrogen-bond acceptors (Lipinski definition) is 2. The molecule has 1 heterocycles. The molecule has 0 atom stereocenters. The SMILES string of the molecule is CC1(CNC(=O)C2CCNCC2)CCCCCC1.Cl. The van der Waals surface area contributed by atoms with Gasteiger partial charge < -0.3 is 10.6 Å². The smallest absolute Gasteiger partial charge is 0.223 e. The van der Waals surface area contributed by atoms with E-state index in [9.17, 15) is 4.79 Å². The Bertz CT molecular complexity index is 269. The van der Waals surface area contributed by atoms with E-state index in [0.717, 1.165) is 32.5 Å². The van der Waals surface area contributed by atoms with Crippen molar-refractivity contribution in [2.24, 2.45) is 11.3 Å². The van der Waals surface area contributed by atoms with Crippen LogP contribution in [0.25, 0.3) is 0 Å². The molecule has 0 bridgehead atoms. The standard InChI is InChI=1S/C15H28N2O.ClH/c1-15(8-4-2-3-5-9-15)12-17-14(18)13-6-10-16-11-7-13;/h13,16H,2-12H2,1H3,(H,17,18);1H. The molecule has 0 radical (unpaired) electrons. The van der Waals surface area contributed by atoms with Crippen LogP contribution in [0, 0.1) is 11.3 Å². The molecule has 19 heavy (non-hydrogen) atoms. The molecule has 1 saturated carbocycles. The fraction of sp³-hybridized carbons (Fsp3) is 0.933. The molecule has 0 aromatic heterocycles. The molecular weight excluding hydrogens is 260 g/mol. The number of rotatable bonds is 3. The number of carbonyl (C=O) groups excluding carboxylic acids is 1. The monoisotopic (exact) mass is 288 g/mol. The van der Waals surface area contributed by atoms with Crippen molar-refractivity contribution in [3.05, 3.63) is 0 Å². The maximum Gasteiger partial charge on any atom is 0.223 e. The van der Waals surface area contributed by atoms with E-state index in [1.807, 2.05) is 0 Å². The summed E-state index contributed by atoms with van der Waals surface area (Å²) in [5.41, 5.74) is 0.346. The van der Waals surface area contributed by atoms with Crippen molar-refractivity contribution in [2.45, 2.75) is 58.3 Å². The van der Waals surface area contributed by atoms with Crippen LogP contribution in [0.5, 0.6) is 0 Å². The Morgan fingerprint density at radius 2 is 1.74 bits per heavy atom. The number of hydrogen-bond donors (Lipinski definition) is 2. The third-order valence-electron chi connectivity index (χ3n) is 4.71. The van der Waals surface area contributed by atoms with Crippen molar-refractivity contribution in [1.29, 1.82) is 0 Å². The molecule has 4 heteroatoms. The van der Waals surface area contributed by atoms with E-state index < -0.39 is 0 Å². The van der Waals surface area contributed by atoms with Crippen LogP contribution >= 0.6 is 12.4 Å². The summed E-state index contributed by atoms with van der Waals surface area (Å²) in [6.45, 7) is 5.22. The predicted octanol–water partition coefficient (Wildman–Crippen LogP) is 2.88. The lowest BCUT2D eigenvalue weighted by molar-refractivity contribution is -0.126. The number of halogens is 1. The Kier molecular flexibility index (Phi) is 7.16. The first kappa shape index (κ1) is 16.8. The summed E-state index contributed by atoms with van der Waals surface area (Å²) < 4.78 is 0. The molecule has 0 aromatic carbocycles. The summed E-state index contributed by atoms with van der Waals surface area (Å²) in [7, 11) is 0. The van der Waals surface area contributed by atoms with Gasteiger partial charge in [0.1, 0.15) is 0 Å². The molecule has 1 aliphatic carbocycles. The minimum atomic E-state index is 0. The molecule has 2 rings (SSSR count). The van der Waals surface area contributed by atoms with Gasteiger partial charge >= 0.3 is 0 Å². The average molecular weight is 289 g/mol. The van der Waals surface area contributed by atoms with Gasteiger partial charge in [-0.1, -0.05) is 32.6 Å². The third-order valence-corrected chi connectivity index (χ3v) is 4.71. The zero-order valence-electron chi connectivity index (χ0n) is 12.2. The van der Waals surface area contributed by atoms with Gasteiger partial charge in [-0.25, -0.2) is 0 Å². The van der Waals surface area contributed by atoms with Crippen molar-refractivity contribution < 1.29 is 4.79 Å². The van der Waals surface area contributed by atoms with Gasteiger partial charge in [0.15, 0.2) is 0 Å². The van der Waals surface area contributed by atoms with Crippen molar-refractivity contribution >= 4 is 18.3 Å². The maximum atomic E-state index is 12.1. The Labute approximate surface area is 123 Å². The number of piperidine rings is 1. The van der Waals surface area contributed by atoms with Crippen molar-refractivity contribution in [3.63, 3.8) is 0 Å². The molecule has 1 saturated heterocycles. The molecule has 3 nitrogen and oxygen atoms in total. The minimum absolute atomic E-state index is 0. The van der Waals surface area contributed by atoms with Gasteiger partial charge in [0.05, 0.1) is 0 Å². The molecule has 2 fully saturated rings. The summed E-state index contributed by atoms with van der Waals surface area (Å²) in [6, 6.07) is 0. The van der Waals surface area contributed by atoms with E-state index in [4.69, 9.17) is 0 Å². The highest BCUT2D eigenvalue weighted by atomic mass is 35.5. The van der Waals surface area contributed by atoms with Crippen molar-refractivity contribution in [1.82, 2.24) is 10.6 Å². The fourth-order valence-electron chi connectivity index (χ4n) is 3.29. The second-order valence-corrected chi connectivity index (χ2v) is 6.47. The van der Waals surface area contributed by atoms with E-state index in [1.54, 1.807) is 0 Å². The fourth-order valence-corrected chi connectivity index (χ4v) is 3.29. The Morgan fingerprint density at radius 1 is 1.16 bits per heavy atom. The topological polar surface area (TPSA) is 41.1 Å². The van der Waals surface area contributed by atoms with Crippen LogP contribution in [0.3, 0.4) is 0 Å². The molecule has 2 aliphatic rings. The van der Waals surface area contributed by atoms with Gasteiger partial charge in [-0.2, -0.15) is 0 Å². The van der Waals surface area contributed by atoms with Crippen LogP contribution in [0.2, 0.25) is 0 Å². The van der Waals surface area contributed by atoms with E-state index in [2.05, 4.69) is 17.6 Å². The summed E-state index contributed by atoms with van der Waals surface area (Å²) in [5.74, 6) is 0.544. The van der Waals surface area contributed by atoms with Gasteiger partial charge in [-0.3, -0.25) is 4.79 Å². The Hall–Kier alpha value is -0.280. The van der Waals surface area contributed by atoms with Crippen molar-refractivity contribution in [3.8, 4) is 0 Å². The van der Waals surface area contributed by atoms with Gasteiger partial charge in [0.25, 0.3) is 0 Å². The van der Waals surface area contributed by atoms with Crippen LogP contribution in [0.1, 0.15) is 58.3 Å². The quantitative estimate of drug-likeness (QED) is 0.784. The predicted molar refractivity (Wildman–Crippen MR) is 81.7 cm³/mol. The average Bonchev–Trinajstić information content (AvgIpc) is 2.62. The van der Waals surface area contributed by atoms with E-state index in [-0.39, 0.29) is 18.3 Å². The van der Waals surface area contributed by atoms with Gasteiger partial charge in [-0.05, 0) is 44.2 Å². The zero-order chi connectivity index (χ0) is 12.8. The van der Waals surface area contributed by atoms with E-state index >= 15 is 0 Å².